The second-order valence-electron chi connectivity index (χ2n) is 8.13. The zero-order valence-corrected chi connectivity index (χ0v) is 18.8. The smallest absolute Gasteiger partial charge is 0.300 e. The summed E-state index contributed by atoms with van der Waals surface area (Å²) in [5, 5.41) is 22.3. The van der Waals surface area contributed by atoms with Gasteiger partial charge in [0.2, 0.25) is 0 Å². The first-order valence-electron chi connectivity index (χ1n) is 11.0. The van der Waals surface area contributed by atoms with E-state index >= 15 is 0 Å². The zero-order chi connectivity index (χ0) is 24.5. The fourth-order valence-electron chi connectivity index (χ4n) is 4.50. The third-order valence-electron chi connectivity index (χ3n) is 6.17. The van der Waals surface area contributed by atoms with Crippen molar-refractivity contribution in [1.82, 2.24) is 0 Å². The summed E-state index contributed by atoms with van der Waals surface area (Å²) in [6.45, 7) is 0. The minimum absolute atomic E-state index is 0.0102. The number of methoxy groups -OCH3 is 1. The standard InChI is InChI=1S/C29H20N2O4/c1-35-22-9-4-8-20(16-22)26-25(27(32)24-11-5-7-19-6-2-3-10-23(19)24)28(33)29(34)31(26)21-14-12-18(17-30)13-15-21/h2-16,26,32H,1H3/b27-25-. The van der Waals surface area contributed by atoms with E-state index in [1.807, 2.05) is 30.3 Å². The number of aliphatic hydroxyl groups is 1. The molecule has 0 radical (unpaired) electrons. The van der Waals surface area contributed by atoms with E-state index in [1.165, 1.54) is 12.0 Å². The monoisotopic (exact) mass is 460 g/mol. The average molecular weight is 460 g/mol. The van der Waals surface area contributed by atoms with Gasteiger partial charge in [-0.2, -0.15) is 5.26 Å². The Balaban J connectivity index is 1.77. The first kappa shape index (κ1) is 21.9. The molecule has 4 aromatic rings. The Kier molecular flexibility index (Phi) is 5.52. The lowest BCUT2D eigenvalue weighted by atomic mass is 9.93. The maximum Gasteiger partial charge on any atom is 0.300 e. The summed E-state index contributed by atoms with van der Waals surface area (Å²) in [5.41, 5.74) is 1.93. The van der Waals surface area contributed by atoms with Gasteiger partial charge in [-0.25, -0.2) is 0 Å². The molecule has 6 heteroatoms. The number of ketones is 1. The number of Topliss-reactive ketones (excluding diaryl/α,β-unsaturated/α-hetero) is 1. The minimum Gasteiger partial charge on any atom is -0.507 e. The van der Waals surface area contributed by atoms with Gasteiger partial charge in [0.15, 0.2) is 0 Å². The number of amides is 1. The lowest BCUT2D eigenvalue weighted by molar-refractivity contribution is -0.132. The molecule has 6 nitrogen and oxygen atoms in total. The van der Waals surface area contributed by atoms with Gasteiger partial charge in [0, 0.05) is 11.3 Å². The topological polar surface area (TPSA) is 90.6 Å². The first-order chi connectivity index (χ1) is 17.0. The first-order valence-corrected chi connectivity index (χ1v) is 11.0. The van der Waals surface area contributed by atoms with E-state index in [-0.39, 0.29) is 11.3 Å². The van der Waals surface area contributed by atoms with Crippen molar-refractivity contribution in [3.63, 3.8) is 0 Å². The van der Waals surface area contributed by atoms with Gasteiger partial charge in [-0.3, -0.25) is 14.5 Å². The van der Waals surface area contributed by atoms with Gasteiger partial charge in [-0.1, -0.05) is 54.6 Å². The van der Waals surface area contributed by atoms with Crippen LogP contribution in [0, 0.1) is 11.3 Å². The highest BCUT2D eigenvalue weighted by atomic mass is 16.5. The van der Waals surface area contributed by atoms with Crippen molar-refractivity contribution in [2.24, 2.45) is 0 Å². The number of rotatable bonds is 4. The van der Waals surface area contributed by atoms with E-state index in [4.69, 9.17) is 10.00 Å². The Hall–Kier alpha value is -4.89. The number of carbonyl (C=O) groups excluding carboxylic acids is 2. The van der Waals surface area contributed by atoms with Crippen LogP contribution >= 0.6 is 0 Å². The number of anilines is 1. The number of nitrogens with zero attached hydrogens (tertiary/aromatic N) is 2. The number of ether oxygens (including phenoxy) is 1. The van der Waals surface area contributed by atoms with Crippen molar-refractivity contribution in [2.45, 2.75) is 6.04 Å². The van der Waals surface area contributed by atoms with Gasteiger partial charge in [0.1, 0.15) is 11.5 Å². The molecule has 0 spiro atoms. The van der Waals surface area contributed by atoms with Gasteiger partial charge in [-0.15, -0.1) is 0 Å². The predicted octanol–water partition coefficient (Wildman–Crippen LogP) is 5.35. The van der Waals surface area contributed by atoms with Crippen molar-refractivity contribution in [1.29, 1.82) is 5.26 Å². The normalized spacial score (nSPS) is 16.9. The van der Waals surface area contributed by atoms with Crippen LogP contribution in [0.4, 0.5) is 5.69 Å². The molecule has 1 aliphatic rings. The summed E-state index contributed by atoms with van der Waals surface area (Å²) >= 11 is 0. The number of carbonyl (C=O) groups is 2. The quantitative estimate of drug-likeness (QED) is 0.252. The molecule has 1 aliphatic heterocycles. The van der Waals surface area contributed by atoms with Crippen LogP contribution < -0.4 is 9.64 Å². The van der Waals surface area contributed by atoms with Crippen molar-refractivity contribution >= 4 is 33.9 Å². The highest BCUT2D eigenvalue weighted by Gasteiger charge is 2.47. The maximum absolute atomic E-state index is 13.4. The second-order valence-corrected chi connectivity index (χ2v) is 8.13. The van der Waals surface area contributed by atoms with Crippen LogP contribution in [0.2, 0.25) is 0 Å². The molecule has 0 saturated carbocycles. The number of hydrogen-bond donors (Lipinski definition) is 1. The lowest BCUT2D eigenvalue weighted by Crippen LogP contribution is -2.29. The van der Waals surface area contributed by atoms with E-state index in [0.29, 0.717) is 28.1 Å². The number of hydrogen-bond acceptors (Lipinski definition) is 5. The third-order valence-corrected chi connectivity index (χ3v) is 6.17. The fraction of sp³-hybridized carbons (Fsp3) is 0.0690. The molecule has 170 valence electrons. The molecule has 1 heterocycles. The van der Waals surface area contributed by atoms with Gasteiger partial charge in [-0.05, 0) is 52.7 Å². The number of fused-ring (bicyclic) bond motifs is 1. The van der Waals surface area contributed by atoms with Gasteiger partial charge >= 0.3 is 0 Å². The predicted molar refractivity (Wildman–Crippen MR) is 133 cm³/mol. The Labute approximate surface area is 201 Å². The van der Waals surface area contributed by atoms with Crippen molar-refractivity contribution in [3.8, 4) is 11.8 Å². The summed E-state index contributed by atoms with van der Waals surface area (Å²) in [4.78, 5) is 28.1. The van der Waals surface area contributed by atoms with Crippen LogP contribution in [-0.2, 0) is 9.59 Å². The van der Waals surface area contributed by atoms with Gasteiger partial charge in [0.25, 0.3) is 11.7 Å². The van der Waals surface area contributed by atoms with Crippen LogP contribution in [0.3, 0.4) is 0 Å². The van der Waals surface area contributed by atoms with E-state index in [1.54, 1.807) is 60.7 Å². The Morgan fingerprint density at radius 1 is 0.943 bits per heavy atom. The molecule has 5 rings (SSSR count). The molecule has 1 fully saturated rings. The number of nitriles is 1. The molecule has 0 bridgehead atoms. The fourth-order valence-corrected chi connectivity index (χ4v) is 4.50. The summed E-state index contributed by atoms with van der Waals surface area (Å²) in [7, 11) is 1.53. The molecule has 1 amide bonds. The molecule has 0 aromatic heterocycles. The summed E-state index contributed by atoms with van der Waals surface area (Å²) in [6, 6.07) is 27.6. The van der Waals surface area contributed by atoms with Gasteiger partial charge in [0.05, 0.1) is 30.4 Å². The largest absolute Gasteiger partial charge is 0.507 e. The molecule has 1 N–H and O–H groups in total. The van der Waals surface area contributed by atoms with E-state index in [0.717, 1.165) is 10.8 Å². The average Bonchev–Trinajstić information content (AvgIpc) is 3.18. The minimum atomic E-state index is -0.892. The Bertz CT molecular complexity index is 1540. The molecule has 0 aliphatic carbocycles. The van der Waals surface area contributed by atoms with Crippen molar-refractivity contribution < 1.29 is 19.4 Å². The number of benzene rings is 4. The zero-order valence-electron chi connectivity index (χ0n) is 18.8. The summed E-state index contributed by atoms with van der Waals surface area (Å²) in [5.74, 6) is -1.24. The highest BCUT2D eigenvalue weighted by Crippen LogP contribution is 2.43. The number of aliphatic hydroxyl groups excluding tert-OH is 1. The lowest BCUT2D eigenvalue weighted by Gasteiger charge is -2.26. The molecule has 1 saturated heterocycles. The van der Waals surface area contributed by atoms with Crippen LogP contribution in [-0.4, -0.2) is 23.9 Å². The molecule has 1 atom stereocenters. The molecule has 4 aromatic carbocycles. The Morgan fingerprint density at radius 3 is 2.40 bits per heavy atom. The Morgan fingerprint density at radius 2 is 1.66 bits per heavy atom. The van der Waals surface area contributed by atoms with Crippen LogP contribution in [0.25, 0.3) is 16.5 Å². The van der Waals surface area contributed by atoms with Gasteiger partial charge < -0.3 is 9.84 Å². The van der Waals surface area contributed by atoms with Crippen molar-refractivity contribution in [3.05, 3.63) is 113 Å². The summed E-state index contributed by atoms with van der Waals surface area (Å²) in [6.07, 6.45) is 0. The second kappa shape index (κ2) is 8.81. The molecular formula is C29H20N2O4. The SMILES string of the molecule is COc1cccc(C2/C(=C(/O)c3cccc4ccccc34)C(=O)C(=O)N2c2ccc(C#N)cc2)c1. The molecular weight excluding hydrogens is 440 g/mol. The van der Waals surface area contributed by atoms with Crippen LogP contribution in [0.15, 0.2) is 96.6 Å². The van der Waals surface area contributed by atoms with E-state index in [2.05, 4.69) is 6.07 Å². The third kappa shape index (κ3) is 3.69. The highest BCUT2D eigenvalue weighted by molar-refractivity contribution is 6.51. The van der Waals surface area contributed by atoms with Crippen LogP contribution in [0.5, 0.6) is 5.75 Å². The van der Waals surface area contributed by atoms with Crippen molar-refractivity contribution in [2.75, 3.05) is 12.0 Å². The van der Waals surface area contributed by atoms with E-state index in [9.17, 15) is 14.7 Å². The van der Waals surface area contributed by atoms with E-state index < -0.39 is 17.7 Å². The molecule has 1 unspecified atom stereocenters. The van der Waals surface area contributed by atoms with Crippen LogP contribution in [0.1, 0.15) is 22.7 Å². The summed E-state index contributed by atoms with van der Waals surface area (Å²) < 4.78 is 5.37. The molecule has 35 heavy (non-hydrogen) atoms. The maximum atomic E-state index is 13.4.